The molecule has 1 fully saturated rings. The first-order valence-electron chi connectivity index (χ1n) is 9.42. The van der Waals surface area contributed by atoms with Gasteiger partial charge in [0.2, 0.25) is 5.91 Å². The molecule has 2 amide bonds. The maximum atomic E-state index is 12.6. The molecule has 3 rings (SSSR count). The second kappa shape index (κ2) is 7.95. The van der Waals surface area contributed by atoms with Gasteiger partial charge < -0.3 is 10.6 Å². The van der Waals surface area contributed by atoms with E-state index in [1.54, 1.807) is 6.20 Å². The van der Waals surface area contributed by atoms with Crippen LogP contribution >= 0.6 is 0 Å². The van der Waals surface area contributed by atoms with Crippen molar-refractivity contribution >= 4 is 11.8 Å². The fraction of sp³-hybridized carbons (Fsp3) is 0.632. The topological polar surface area (TPSA) is 74.3 Å². The lowest BCUT2D eigenvalue weighted by atomic mass is 9.95. The minimum Gasteiger partial charge on any atom is -0.355 e. The van der Waals surface area contributed by atoms with Crippen LogP contribution in [0.1, 0.15) is 54.7 Å². The van der Waals surface area contributed by atoms with Crippen LogP contribution in [0.15, 0.2) is 12.3 Å². The minimum atomic E-state index is -0.156. The SMILES string of the molecule is CCNC(=O)[C@@H]1C[C@H](NC(=O)c2cnc3c(c2)CCCC3)CN1CC. The molecule has 0 bridgehead atoms. The van der Waals surface area contributed by atoms with Crippen molar-refractivity contribution in [3.05, 3.63) is 29.1 Å². The highest BCUT2D eigenvalue weighted by atomic mass is 16.2. The number of fused-ring (bicyclic) bond motifs is 1. The summed E-state index contributed by atoms with van der Waals surface area (Å²) in [4.78, 5) is 31.4. The molecule has 6 heteroatoms. The summed E-state index contributed by atoms with van der Waals surface area (Å²) in [5.41, 5.74) is 2.97. The normalized spacial score (nSPS) is 23.1. The Balaban J connectivity index is 1.64. The number of likely N-dealkylation sites (N-methyl/N-ethyl adjacent to an activating group) is 2. The molecule has 2 N–H and O–H groups in total. The number of likely N-dealkylation sites (tertiary alicyclic amines) is 1. The molecule has 1 aliphatic carbocycles. The number of nitrogens with zero attached hydrogens (tertiary/aromatic N) is 2. The van der Waals surface area contributed by atoms with Crippen LogP contribution in [0.3, 0.4) is 0 Å². The molecule has 2 heterocycles. The molecule has 1 saturated heterocycles. The van der Waals surface area contributed by atoms with E-state index in [9.17, 15) is 9.59 Å². The van der Waals surface area contributed by atoms with E-state index in [2.05, 4.69) is 20.5 Å². The molecule has 1 aromatic rings. The number of aromatic nitrogens is 1. The molecule has 136 valence electrons. The third-order valence-electron chi connectivity index (χ3n) is 5.23. The lowest BCUT2D eigenvalue weighted by Gasteiger charge is -2.21. The molecule has 6 nitrogen and oxygen atoms in total. The molecule has 0 spiro atoms. The van der Waals surface area contributed by atoms with Gasteiger partial charge in [-0.25, -0.2) is 0 Å². The summed E-state index contributed by atoms with van der Waals surface area (Å²) in [6.07, 6.45) is 6.72. The molecule has 1 aliphatic heterocycles. The predicted molar refractivity (Wildman–Crippen MR) is 96.5 cm³/mol. The van der Waals surface area contributed by atoms with E-state index in [0.29, 0.717) is 25.1 Å². The average molecular weight is 344 g/mol. The Morgan fingerprint density at radius 2 is 2.08 bits per heavy atom. The number of hydrogen-bond acceptors (Lipinski definition) is 4. The zero-order chi connectivity index (χ0) is 17.8. The van der Waals surface area contributed by atoms with Gasteiger partial charge in [0.25, 0.3) is 5.91 Å². The lowest BCUT2D eigenvalue weighted by Crippen LogP contribution is -2.42. The van der Waals surface area contributed by atoms with Gasteiger partial charge in [-0.15, -0.1) is 0 Å². The number of nitrogens with one attached hydrogen (secondary N) is 2. The van der Waals surface area contributed by atoms with Crippen LogP contribution in [0.4, 0.5) is 0 Å². The summed E-state index contributed by atoms with van der Waals surface area (Å²) in [7, 11) is 0. The van der Waals surface area contributed by atoms with E-state index in [1.165, 1.54) is 18.4 Å². The Bertz CT molecular complexity index is 646. The van der Waals surface area contributed by atoms with Crippen molar-refractivity contribution in [2.75, 3.05) is 19.6 Å². The van der Waals surface area contributed by atoms with Crippen LogP contribution in [-0.4, -0.2) is 53.4 Å². The Kier molecular flexibility index (Phi) is 5.68. The molecular formula is C19H28N4O2. The summed E-state index contributed by atoms with van der Waals surface area (Å²) in [6.45, 7) is 6.11. The number of aryl methyl sites for hydroxylation is 2. The highest BCUT2D eigenvalue weighted by molar-refractivity contribution is 5.94. The van der Waals surface area contributed by atoms with E-state index in [4.69, 9.17) is 0 Å². The number of carbonyl (C=O) groups excluding carboxylic acids is 2. The maximum absolute atomic E-state index is 12.6. The van der Waals surface area contributed by atoms with Gasteiger partial charge in [-0.3, -0.25) is 19.5 Å². The van der Waals surface area contributed by atoms with Gasteiger partial charge in [-0.1, -0.05) is 6.92 Å². The largest absolute Gasteiger partial charge is 0.355 e. The minimum absolute atomic E-state index is 0.00362. The Labute approximate surface area is 149 Å². The summed E-state index contributed by atoms with van der Waals surface area (Å²) in [6, 6.07) is 1.83. The summed E-state index contributed by atoms with van der Waals surface area (Å²) < 4.78 is 0. The van der Waals surface area contributed by atoms with Crippen LogP contribution < -0.4 is 10.6 Å². The van der Waals surface area contributed by atoms with Crippen molar-refractivity contribution < 1.29 is 9.59 Å². The van der Waals surface area contributed by atoms with E-state index in [-0.39, 0.29) is 23.9 Å². The quantitative estimate of drug-likeness (QED) is 0.844. The number of hydrogen-bond donors (Lipinski definition) is 2. The fourth-order valence-corrected chi connectivity index (χ4v) is 3.90. The van der Waals surface area contributed by atoms with E-state index in [1.807, 2.05) is 19.9 Å². The van der Waals surface area contributed by atoms with Gasteiger partial charge >= 0.3 is 0 Å². The Morgan fingerprint density at radius 1 is 1.28 bits per heavy atom. The standard InChI is InChI=1S/C19H28N4O2/c1-3-20-19(25)17-10-15(12-23(17)4-2)22-18(24)14-9-13-7-5-6-8-16(13)21-11-14/h9,11,15,17H,3-8,10,12H2,1-2H3,(H,20,25)(H,22,24)/t15-,17-/m0/s1. The number of rotatable bonds is 5. The maximum Gasteiger partial charge on any atom is 0.253 e. The van der Waals surface area contributed by atoms with Gasteiger partial charge in [0, 0.05) is 31.0 Å². The van der Waals surface area contributed by atoms with E-state index < -0.39 is 0 Å². The molecule has 2 atom stereocenters. The summed E-state index contributed by atoms with van der Waals surface area (Å²) >= 11 is 0. The van der Waals surface area contributed by atoms with Crippen molar-refractivity contribution in [3.63, 3.8) is 0 Å². The van der Waals surface area contributed by atoms with Crippen molar-refractivity contribution in [3.8, 4) is 0 Å². The van der Waals surface area contributed by atoms with Crippen LogP contribution in [-0.2, 0) is 17.6 Å². The van der Waals surface area contributed by atoms with Crippen LogP contribution in [0, 0.1) is 0 Å². The van der Waals surface area contributed by atoms with E-state index >= 15 is 0 Å². The average Bonchev–Trinajstić information content (AvgIpc) is 3.04. The molecule has 1 aromatic heterocycles. The van der Waals surface area contributed by atoms with Crippen molar-refractivity contribution in [2.24, 2.45) is 0 Å². The summed E-state index contributed by atoms with van der Waals surface area (Å²) in [5, 5.41) is 5.98. The van der Waals surface area contributed by atoms with Gasteiger partial charge in [-0.05, 0) is 57.2 Å². The van der Waals surface area contributed by atoms with Gasteiger partial charge in [0.15, 0.2) is 0 Å². The smallest absolute Gasteiger partial charge is 0.253 e. The first-order valence-corrected chi connectivity index (χ1v) is 9.42. The molecule has 0 saturated carbocycles. The van der Waals surface area contributed by atoms with Crippen LogP contribution in [0.5, 0.6) is 0 Å². The van der Waals surface area contributed by atoms with Gasteiger partial charge in [0.05, 0.1) is 11.6 Å². The molecule has 0 aromatic carbocycles. The molecule has 2 aliphatic rings. The molecule has 0 unspecified atom stereocenters. The zero-order valence-electron chi connectivity index (χ0n) is 15.2. The zero-order valence-corrected chi connectivity index (χ0v) is 15.2. The fourth-order valence-electron chi connectivity index (χ4n) is 3.90. The number of pyridine rings is 1. The van der Waals surface area contributed by atoms with Crippen LogP contribution in [0.25, 0.3) is 0 Å². The molecular weight excluding hydrogens is 316 g/mol. The lowest BCUT2D eigenvalue weighted by molar-refractivity contribution is -0.125. The summed E-state index contributed by atoms with van der Waals surface area (Å²) in [5.74, 6) is -0.0324. The predicted octanol–water partition coefficient (Wildman–Crippen LogP) is 1.29. The van der Waals surface area contributed by atoms with Crippen molar-refractivity contribution in [1.82, 2.24) is 20.5 Å². The highest BCUT2D eigenvalue weighted by Crippen LogP contribution is 2.21. The van der Waals surface area contributed by atoms with Crippen molar-refractivity contribution in [1.29, 1.82) is 0 Å². The van der Waals surface area contributed by atoms with Gasteiger partial charge in [-0.2, -0.15) is 0 Å². The molecule has 25 heavy (non-hydrogen) atoms. The second-order valence-corrected chi connectivity index (χ2v) is 6.94. The highest BCUT2D eigenvalue weighted by Gasteiger charge is 2.36. The first kappa shape index (κ1) is 17.9. The first-order chi connectivity index (χ1) is 12.1. The van der Waals surface area contributed by atoms with Crippen molar-refractivity contribution in [2.45, 2.75) is 58.0 Å². The van der Waals surface area contributed by atoms with E-state index in [0.717, 1.165) is 25.1 Å². The van der Waals surface area contributed by atoms with Gasteiger partial charge in [0.1, 0.15) is 0 Å². The molecule has 0 radical (unpaired) electrons. The number of amides is 2. The third kappa shape index (κ3) is 4.00. The number of carbonyl (C=O) groups is 2. The second-order valence-electron chi connectivity index (χ2n) is 6.94. The van der Waals surface area contributed by atoms with Crippen LogP contribution in [0.2, 0.25) is 0 Å². The third-order valence-corrected chi connectivity index (χ3v) is 5.23. The monoisotopic (exact) mass is 344 g/mol. The Morgan fingerprint density at radius 3 is 2.84 bits per heavy atom. The Hall–Kier alpha value is -1.95.